The van der Waals surface area contributed by atoms with E-state index in [9.17, 15) is 0 Å². The van der Waals surface area contributed by atoms with Crippen molar-refractivity contribution in [3.63, 3.8) is 0 Å². The Morgan fingerprint density at radius 1 is 1.41 bits per heavy atom. The number of rotatable bonds is 8. The average Bonchev–Trinajstić information content (AvgIpc) is 3.08. The topological polar surface area (TPSA) is 75.8 Å². The summed E-state index contributed by atoms with van der Waals surface area (Å²) >= 11 is 6.06. The van der Waals surface area contributed by atoms with Crippen LogP contribution in [-0.2, 0) is 17.8 Å². The highest BCUT2D eigenvalue weighted by Gasteiger charge is 2.14. The van der Waals surface area contributed by atoms with Crippen LogP contribution in [0.25, 0.3) is 0 Å². The smallest absolute Gasteiger partial charge is 0.248 e. The standard InChI is InChI=1S/C18H26ClN5O2.HI/c1-5-20-18(24(4)12-14-8-7-9-15(19)10-14)21-11-16-22-17(23-26-16)13(3)25-6-2;/h7-10,13H,5-6,11-12H2,1-4H3,(H,20,21);1H. The van der Waals surface area contributed by atoms with Gasteiger partial charge in [-0.15, -0.1) is 24.0 Å². The van der Waals surface area contributed by atoms with Crippen molar-refractivity contribution in [3.8, 4) is 0 Å². The molecule has 0 fully saturated rings. The molecule has 0 spiro atoms. The van der Waals surface area contributed by atoms with Crippen molar-refractivity contribution < 1.29 is 9.26 Å². The van der Waals surface area contributed by atoms with Crippen molar-refractivity contribution in [3.05, 3.63) is 46.6 Å². The van der Waals surface area contributed by atoms with Gasteiger partial charge in [-0.2, -0.15) is 4.98 Å². The molecular weight excluding hydrogens is 481 g/mol. The molecule has 0 bridgehead atoms. The molecule has 1 atom stereocenters. The Morgan fingerprint density at radius 2 is 2.19 bits per heavy atom. The van der Waals surface area contributed by atoms with E-state index in [0.717, 1.165) is 23.1 Å². The fraction of sp³-hybridized carbons (Fsp3) is 0.500. The summed E-state index contributed by atoms with van der Waals surface area (Å²) in [5.41, 5.74) is 1.11. The van der Waals surface area contributed by atoms with Gasteiger partial charge in [0.1, 0.15) is 12.6 Å². The first-order valence-corrected chi connectivity index (χ1v) is 9.09. The van der Waals surface area contributed by atoms with Gasteiger partial charge < -0.3 is 19.5 Å². The Hall–Kier alpha value is -1.39. The third-order valence-corrected chi connectivity index (χ3v) is 3.87. The Morgan fingerprint density at radius 3 is 2.85 bits per heavy atom. The van der Waals surface area contributed by atoms with Gasteiger partial charge in [0.25, 0.3) is 0 Å². The van der Waals surface area contributed by atoms with Crippen LogP contribution >= 0.6 is 35.6 Å². The Labute approximate surface area is 182 Å². The second-order valence-electron chi connectivity index (χ2n) is 5.80. The zero-order valence-corrected chi connectivity index (χ0v) is 19.2. The quantitative estimate of drug-likeness (QED) is 0.330. The number of aromatic nitrogens is 2. The number of nitrogens with one attached hydrogen (secondary N) is 1. The highest BCUT2D eigenvalue weighted by molar-refractivity contribution is 14.0. The molecule has 0 aliphatic carbocycles. The van der Waals surface area contributed by atoms with Crippen molar-refractivity contribution in [2.24, 2.45) is 4.99 Å². The Bertz CT molecular complexity index is 725. The van der Waals surface area contributed by atoms with E-state index in [1.807, 2.05) is 57.0 Å². The van der Waals surface area contributed by atoms with Crippen LogP contribution < -0.4 is 5.32 Å². The Kier molecular flexibility index (Phi) is 10.6. The number of guanidine groups is 1. The van der Waals surface area contributed by atoms with Crippen LogP contribution in [0.5, 0.6) is 0 Å². The van der Waals surface area contributed by atoms with E-state index in [0.29, 0.717) is 31.4 Å². The zero-order chi connectivity index (χ0) is 18.9. The molecule has 2 rings (SSSR count). The van der Waals surface area contributed by atoms with Crippen LogP contribution in [0.1, 0.15) is 44.2 Å². The number of halogens is 2. The zero-order valence-electron chi connectivity index (χ0n) is 16.1. The molecule has 0 aliphatic rings. The minimum atomic E-state index is -0.194. The van der Waals surface area contributed by atoms with E-state index in [1.165, 1.54) is 0 Å². The largest absolute Gasteiger partial charge is 0.371 e. The second-order valence-corrected chi connectivity index (χ2v) is 6.24. The van der Waals surface area contributed by atoms with Crippen molar-refractivity contribution in [2.45, 2.75) is 40.0 Å². The normalized spacial score (nSPS) is 12.4. The number of benzene rings is 1. The van der Waals surface area contributed by atoms with E-state index in [1.54, 1.807) is 0 Å². The van der Waals surface area contributed by atoms with Gasteiger partial charge in [-0.3, -0.25) is 0 Å². The lowest BCUT2D eigenvalue weighted by atomic mass is 10.2. The summed E-state index contributed by atoms with van der Waals surface area (Å²) in [5.74, 6) is 1.75. The maximum atomic E-state index is 6.06. The third-order valence-electron chi connectivity index (χ3n) is 3.63. The van der Waals surface area contributed by atoms with E-state index in [-0.39, 0.29) is 30.1 Å². The molecule has 0 saturated heterocycles. The van der Waals surface area contributed by atoms with Crippen LogP contribution in [0.4, 0.5) is 0 Å². The van der Waals surface area contributed by atoms with Crippen LogP contribution in [0, 0.1) is 0 Å². The summed E-state index contributed by atoms with van der Waals surface area (Å²) in [4.78, 5) is 10.9. The number of hydrogen-bond donors (Lipinski definition) is 1. The fourth-order valence-electron chi connectivity index (χ4n) is 2.42. The van der Waals surface area contributed by atoms with Crippen LogP contribution in [0.3, 0.4) is 0 Å². The van der Waals surface area contributed by atoms with Crippen molar-refractivity contribution in [1.82, 2.24) is 20.4 Å². The molecule has 2 aromatic rings. The molecule has 7 nitrogen and oxygen atoms in total. The van der Waals surface area contributed by atoms with E-state index < -0.39 is 0 Å². The molecule has 27 heavy (non-hydrogen) atoms. The third kappa shape index (κ3) is 7.63. The molecule has 9 heteroatoms. The first kappa shape index (κ1) is 23.6. The minimum absolute atomic E-state index is 0. The molecule has 0 aliphatic heterocycles. The fourth-order valence-corrected chi connectivity index (χ4v) is 2.63. The molecule has 1 unspecified atom stereocenters. The summed E-state index contributed by atoms with van der Waals surface area (Å²) in [6.07, 6.45) is -0.194. The molecule has 150 valence electrons. The average molecular weight is 508 g/mol. The van der Waals surface area contributed by atoms with E-state index in [4.69, 9.17) is 20.9 Å². The van der Waals surface area contributed by atoms with Gasteiger partial charge in [-0.25, -0.2) is 4.99 Å². The highest BCUT2D eigenvalue weighted by atomic mass is 127. The van der Waals surface area contributed by atoms with E-state index in [2.05, 4.69) is 20.4 Å². The number of nitrogens with zero attached hydrogens (tertiary/aromatic N) is 4. The highest BCUT2D eigenvalue weighted by Crippen LogP contribution is 2.14. The lowest BCUT2D eigenvalue weighted by Crippen LogP contribution is -2.38. The van der Waals surface area contributed by atoms with Gasteiger partial charge in [-0.05, 0) is 38.5 Å². The van der Waals surface area contributed by atoms with Crippen LogP contribution in [0.15, 0.2) is 33.8 Å². The number of aliphatic imine (C=N–C) groups is 1. The predicted molar refractivity (Wildman–Crippen MR) is 117 cm³/mol. The van der Waals surface area contributed by atoms with Crippen molar-refractivity contribution >= 4 is 41.5 Å². The minimum Gasteiger partial charge on any atom is -0.371 e. The number of ether oxygens (including phenoxy) is 1. The molecular formula is C18H27ClIN5O2. The SMILES string of the molecule is CCNC(=NCc1nc(C(C)OCC)no1)N(C)Cc1cccc(Cl)c1.I. The molecule has 1 aromatic carbocycles. The summed E-state index contributed by atoms with van der Waals surface area (Å²) < 4.78 is 10.7. The molecule has 1 N–H and O–H groups in total. The molecule has 1 heterocycles. The van der Waals surface area contributed by atoms with Gasteiger partial charge in [0, 0.05) is 31.8 Å². The van der Waals surface area contributed by atoms with Crippen LogP contribution in [0.2, 0.25) is 5.02 Å². The molecule has 0 saturated carbocycles. The maximum absolute atomic E-state index is 6.06. The van der Waals surface area contributed by atoms with Gasteiger partial charge in [0.15, 0.2) is 11.8 Å². The second kappa shape index (κ2) is 12.1. The monoisotopic (exact) mass is 507 g/mol. The van der Waals surface area contributed by atoms with Gasteiger partial charge in [0.05, 0.1) is 0 Å². The lowest BCUT2D eigenvalue weighted by molar-refractivity contribution is 0.0683. The first-order chi connectivity index (χ1) is 12.5. The van der Waals surface area contributed by atoms with Crippen molar-refractivity contribution in [1.29, 1.82) is 0 Å². The molecule has 0 radical (unpaired) electrons. The van der Waals surface area contributed by atoms with Gasteiger partial charge in [0.2, 0.25) is 5.89 Å². The summed E-state index contributed by atoms with van der Waals surface area (Å²) in [6.45, 7) is 8.19. The van der Waals surface area contributed by atoms with Gasteiger partial charge in [-0.1, -0.05) is 28.9 Å². The van der Waals surface area contributed by atoms with E-state index >= 15 is 0 Å². The summed E-state index contributed by atoms with van der Waals surface area (Å²) in [5, 5.41) is 7.94. The Balaban J connectivity index is 0.00000364. The van der Waals surface area contributed by atoms with Crippen molar-refractivity contribution in [2.75, 3.05) is 20.2 Å². The predicted octanol–water partition coefficient (Wildman–Crippen LogP) is 4.04. The first-order valence-electron chi connectivity index (χ1n) is 8.71. The maximum Gasteiger partial charge on any atom is 0.248 e. The summed E-state index contributed by atoms with van der Waals surface area (Å²) in [6, 6.07) is 7.78. The molecule has 1 aromatic heterocycles. The lowest BCUT2D eigenvalue weighted by Gasteiger charge is -2.22. The number of hydrogen-bond acceptors (Lipinski definition) is 5. The van der Waals surface area contributed by atoms with Gasteiger partial charge >= 0.3 is 0 Å². The van der Waals surface area contributed by atoms with Crippen LogP contribution in [-0.4, -0.2) is 41.2 Å². The molecule has 0 amide bonds. The summed E-state index contributed by atoms with van der Waals surface area (Å²) in [7, 11) is 1.97.